The molecule has 1 amide bonds. The van der Waals surface area contributed by atoms with Gasteiger partial charge < -0.3 is 20.1 Å². The Morgan fingerprint density at radius 2 is 1.93 bits per heavy atom. The molecule has 1 aromatic heterocycles. The zero-order valence-corrected chi connectivity index (χ0v) is 17.3. The first kappa shape index (κ1) is 19.7. The Morgan fingerprint density at radius 3 is 2.63 bits per heavy atom. The molecule has 0 saturated heterocycles. The molecule has 2 aromatic carbocycles. The molecule has 1 unspecified atom stereocenters. The van der Waals surface area contributed by atoms with Crippen LogP contribution in [0.3, 0.4) is 0 Å². The van der Waals surface area contributed by atoms with Crippen LogP contribution in [0.5, 0.6) is 11.5 Å². The van der Waals surface area contributed by atoms with E-state index < -0.39 is 6.04 Å². The van der Waals surface area contributed by atoms with Gasteiger partial charge in [-0.15, -0.1) is 0 Å². The summed E-state index contributed by atoms with van der Waals surface area (Å²) < 4.78 is 12.2. The number of allylic oxidation sites excluding steroid dienone is 1. The van der Waals surface area contributed by atoms with E-state index in [1.165, 1.54) is 7.11 Å². The first-order valence-corrected chi connectivity index (χ1v) is 9.44. The Bertz CT molecular complexity index is 1130. The Hall–Kier alpha value is -3.59. The van der Waals surface area contributed by atoms with Crippen LogP contribution in [0.15, 0.2) is 53.7 Å². The Kier molecular flexibility index (Phi) is 5.28. The second kappa shape index (κ2) is 8.03. The third kappa shape index (κ3) is 3.55. The summed E-state index contributed by atoms with van der Waals surface area (Å²) in [5.74, 6) is 1.24. The van der Waals surface area contributed by atoms with Crippen molar-refractivity contribution in [2.45, 2.75) is 13.0 Å². The van der Waals surface area contributed by atoms with Crippen LogP contribution in [0.1, 0.15) is 18.5 Å². The fraction of sp³-hybridized carbons (Fsp3) is 0.200. The van der Waals surface area contributed by atoms with Gasteiger partial charge in [0.15, 0.2) is 0 Å². The molecule has 3 aromatic rings. The summed E-state index contributed by atoms with van der Waals surface area (Å²) in [6.07, 6.45) is 0. The lowest BCUT2D eigenvalue weighted by Gasteiger charge is -2.28. The molecule has 2 heterocycles. The van der Waals surface area contributed by atoms with E-state index in [0.29, 0.717) is 39.4 Å². The molecule has 1 aliphatic rings. The van der Waals surface area contributed by atoms with Gasteiger partial charge in [-0.25, -0.2) is 0 Å². The molecule has 154 valence electrons. The summed E-state index contributed by atoms with van der Waals surface area (Å²) in [6.45, 7) is 1.81. The highest BCUT2D eigenvalue weighted by Gasteiger charge is 2.34. The minimum absolute atomic E-state index is 0.315. The number of nitrogens with one attached hydrogen (secondary N) is 2. The van der Waals surface area contributed by atoms with Crippen LogP contribution in [0.2, 0.25) is 5.02 Å². The minimum Gasteiger partial charge on any atom is -0.497 e. The maximum atomic E-state index is 13.4. The monoisotopic (exact) mass is 426 g/mol. The van der Waals surface area contributed by atoms with E-state index in [4.69, 9.17) is 21.1 Å². The van der Waals surface area contributed by atoms with Crippen LogP contribution in [-0.2, 0) is 4.79 Å². The number of halogens is 1. The molecule has 10 heteroatoms. The van der Waals surface area contributed by atoms with Crippen molar-refractivity contribution in [2.75, 3.05) is 24.9 Å². The maximum absolute atomic E-state index is 13.4. The van der Waals surface area contributed by atoms with Gasteiger partial charge in [0.05, 0.1) is 25.5 Å². The molecule has 0 fully saturated rings. The predicted octanol–water partition coefficient (Wildman–Crippen LogP) is 3.27. The van der Waals surface area contributed by atoms with Crippen LogP contribution in [-0.4, -0.2) is 40.3 Å². The number of hydrogen-bond donors (Lipinski definition) is 2. The number of ether oxygens (including phenoxy) is 2. The molecule has 4 rings (SSSR count). The number of amides is 1. The largest absolute Gasteiger partial charge is 0.497 e. The van der Waals surface area contributed by atoms with Crippen molar-refractivity contribution in [3.63, 3.8) is 0 Å². The summed E-state index contributed by atoms with van der Waals surface area (Å²) in [6, 6.07) is 11.9. The van der Waals surface area contributed by atoms with Crippen LogP contribution in [0.4, 0.5) is 11.6 Å². The van der Waals surface area contributed by atoms with Gasteiger partial charge in [0.1, 0.15) is 17.5 Å². The van der Waals surface area contributed by atoms with E-state index >= 15 is 0 Å². The topological polar surface area (TPSA) is 103 Å². The summed E-state index contributed by atoms with van der Waals surface area (Å²) in [7, 11) is 3.09. The molecule has 0 spiro atoms. The summed E-state index contributed by atoms with van der Waals surface area (Å²) in [5.41, 5.74) is 2.44. The number of carbonyl (C=O) groups is 1. The van der Waals surface area contributed by atoms with E-state index in [2.05, 4.69) is 26.2 Å². The number of hydrogen-bond acceptors (Lipinski definition) is 7. The van der Waals surface area contributed by atoms with Gasteiger partial charge in [-0.1, -0.05) is 28.8 Å². The number of aromatic nitrogens is 4. The maximum Gasteiger partial charge on any atom is 0.255 e. The van der Waals surface area contributed by atoms with Gasteiger partial charge in [0.2, 0.25) is 5.95 Å². The van der Waals surface area contributed by atoms with E-state index in [1.54, 1.807) is 49.0 Å². The van der Waals surface area contributed by atoms with Gasteiger partial charge in [-0.05, 0) is 47.2 Å². The fourth-order valence-electron chi connectivity index (χ4n) is 3.35. The zero-order valence-electron chi connectivity index (χ0n) is 16.5. The molecule has 30 heavy (non-hydrogen) atoms. The van der Waals surface area contributed by atoms with Crippen molar-refractivity contribution in [3.05, 3.63) is 64.3 Å². The molecular weight excluding hydrogens is 408 g/mol. The fourth-order valence-corrected chi connectivity index (χ4v) is 3.48. The molecule has 0 saturated carbocycles. The highest BCUT2D eigenvalue weighted by molar-refractivity contribution is 6.30. The zero-order chi connectivity index (χ0) is 21.3. The van der Waals surface area contributed by atoms with Crippen molar-refractivity contribution in [2.24, 2.45) is 0 Å². The molecule has 9 nitrogen and oxygen atoms in total. The van der Waals surface area contributed by atoms with Crippen LogP contribution in [0, 0.1) is 0 Å². The number of fused-ring (bicyclic) bond motifs is 1. The standard InChI is InChI=1S/C20H19ClN6O3/c1-11-17(19(28)23-15-9-8-14(29-2)10-16(15)30-3)18(12-4-6-13(21)7-5-12)27-20(22-11)24-25-26-27/h4-10,18H,1-3H3,(H,23,28)(H,22,24,26). The number of rotatable bonds is 5. The van der Waals surface area contributed by atoms with Crippen molar-refractivity contribution >= 4 is 29.1 Å². The van der Waals surface area contributed by atoms with E-state index in [1.807, 2.05) is 12.1 Å². The predicted molar refractivity (Wildman–Crippen MR) is 112 cm³/mol. The third-order valence-electron chi connectivity index (χ3n) is 4.80. The third-order valence-corrected chi connectivity index (χ3v) is 5.05. The van der Waals surface area contributed by atoms with Crippen molar-refractivity contribution < 1.29 is 14.3 Å². The SMILES string of the molecule is COc1ccc(NC(=O)C2=C(C)Nc3nnnn3C2c2ccc(Cl)cc2)c(OC)c1. The van der Waals surface area contributed by atoms with Crippen LogP contribution in [0.25, 0.3) is 0 Å². The summed E-state index contributed by atoms with van der Waals surface area (Å²) >= 11 is 6.05. The number of benzene rings is 2. The van der Waals surface area contributed by atoms with Crippen LogP contribution < -0.4 is 20.1 Å². The molecular formula is C20H19ClN6O3. The lowest BCUT2D eigenvalue weighted by Crippen LogP contribution is -2.31. The number of nitrogens with zero attached hydrogens (tertiary/aromatic N) is 4. The summed E-state index contributed by atoms with van der Waals surface area (Å²) in [5, 5.41) is 18.4. The minimum atomic E-state index is -0.530. The number of methoxy groups -OCH3 is 2. The molecule has 2 N–H and O–H groups in total. The van der Waals surface area contributed by atoms with Crippen molar-refractivity contribution in [1.82, 2.24) is 20.2 Å². The normalized spacial score (nSPS) is 15.3. The first-order valence-electron chi connectivity index (χ1n) is 9.06. The van der Waals surface area contributed by atoms with Gasteiger partial charge in [-0.3, -0.25) is 4.79 Å². The lowest BCUT2D eigenvalue weighted by atomic mass is 9.95. The Balaban J connectivity index is 1.74. The second-order valence-electron chi connectivity index (χ2n) is 6.59. The number of anilines is 2. The van der Waals surface area contributed by atoms with Gasteiger partial charge in [0.25, 0.3) is 5.91 Å². The van der Waals surface area contributed by atoms with Crippen LogP contribution >= 0.6 is 11.6 Å². The van der Waals surface area contributed by atoms with Gasteiger partial charge in [-0.2, -0.15) is 4.68 Å². The number of carbonyl (C=O) groups excluding carboxylic acids is 1. The molecule has 1 aliphatic heterocycles. The first-order chi connectivity index (χ1) is 14.5. The van der Waals surface area contributed by atoms with Crippen molar-refractivity contribution in [1.29, 1.82) is 0 Å². The highest BCUT2D eigenvalue weighted by Crippen LogP contribution is 2.36. The average Bonchev–Trinajstić information content (AvgIpc) is 3.21. The molecule has 0 bridgehead atoms. The van der Waals surface area contributed by atoms with Crippen molar-refractivity contribution in [3.8, 4) is 11.5 Å². The lowest BCUT2D eigenvalue weighted by molar-refractivity contribution is -0.113. The van der Waals surface area contributed by atoms with Gasteiger partial charge >= 0.3 is 0 Å². The second-order valence-corrected chi connectivity index (χ2v) is 7.02. The highest BCUT2D eigenvalue weighted by atomic mass is 35.5. The molecule has 0 aliphatic carbocycles. The Morgan fingerprint density at radius 1 is 1.17 bits per heavy atom. The molecule has 0 radical (unpaired) electrons. The summed E-state index contributed by atoms with van der Waals surface area (Å²) in [4.78, 5) is 13.4. The van der Waals surface area contributed by atoms with E-state index in [9.17, 15) is 4.79 Å². The quantitative estimate of drug-likeness (QED) is 0.645. The average molecular weight is 427 g/mol. The van der Waals surface area contributed by atoms with E-state index in [-0.39, 0.29) is 5.91 Å². The molecule has 1 atom stereocenters. The smallest absolute Gasteiger partial charge is 0.255 e. The van der Waals surface area contributed by atoms with E-state index in [0.717, 1.165) is 5.56 Å². The number of tetrazole rings is 1. The Labute approximate surface area is 177 Å². The van der Waals surface area contributed by atoms with Gasteiger partial charge in [0, 0.05) is 16.8 Å².